The van der Waals surface area contributed by atoms with Gasteiger partial charge in [0.15, 0.2) is 0 Å². The van der Waals surface area contributed by atoms with E-state index in [2.05, 4.69) is 10.3 Å². The van der Waals surface area contributed by atoms with E-state index in [0.29, 0.717) is 17.7 Å². The zero-order valence-corrected chi connectivity index (χ0v) is 16.5. The molecule has 1 aliphatic carbocycles. The molecule has 1 atom stereocenters. The van der Waals surface area contributed by atoms with Crippen LogP contribution in [0, 0.1) is 5.82 Å². The van der Waals surface area contributed by atoms with Gasteiger partial charge in [-0.1, -0.05) is 37.5 Å². The highest BCUT2D eigenvalue weighted by Gasteiger charge is 2.39. The third kappa shape index (κ3) is 4.75. The lowest BCUT2D eigenvalue weighted by Crippen LogP contribution is -2.49. The second-order valence-electron chi connectivity index (χ2n) is 7.99. The Morgan fingerprint density at radius 3 is 2.86 bits per heavy atom. The maximum atomic E-state index is 13.8. The van der Waals surface area contributed by atoms with E-state index in [0.717, 1.165) is 25.7 Å². The highest BCUT2D eigenvalue weighted by Crippen LogP contribution is 2.38. The molecular weight excluding hydrogens is 371 g/mol. The Bertz CT molecular complexity index is 846. The lowest BCUT2D eigenvalue weighted by Gasteiger charge is -2.43. The first-order valence-corrected chi connectivity index (χ1v) is 10.4. The minimum atomic E-state index is -0.339. The van der Waals surface area contributed by atoms with Crippen molar-refractivity contribution in [3.05, 3.63) is 59.5 Å². The summed E-state index contributed by atoms with van der Waals surface area (Å²) in [7, 11) is 0. The molecule has 4 rings (SSSR count). The van der Waals surface area contributed by atoms with Crippen LogP contribution in [0.15, 0.2) is 42.6 Å². The van der Waals surface area contributed by atoms with E-state index in [1.54, 1.807) is 36.5 Å². The fourth-order valence-corrected chi connectivity index (χ4v) is 4.40. The fraction of sp³-hybridized carbons (Fsp3) is 0.478. The lowest BCUT2D eigenvalue weighted by molar-refractivity contribution is -0.107. The van der Waals surface area contributed by atoms with E-state index in [9.17, 15) is 9.18 Å². The van der Waals surface area contributed by atoms with Gasteiger partial charge in [-0.05, 0) is 43.9 Å². The van der Waals surface area contributed by atoms with Gasteiger partial charge in [0, 0.05) is 24.4 Å². The van der Waals surface area contributed by atoms with Gasteiger partial charge in [0.1, 0.15) is 18.0 Å². The van der Waals surface area contributed by atoms with Crippen molar-refractivity contribution in [2.75, 3.05) is 6.61 Å². The molecule has 154 valence electrons. The second-order valence-corrected chi connectivity index (χ2v) is 7.99. The summed E-state index contributed by atoms with van der Waals surface area (Å²) >= 11 is 0. The van der Waals surface area contributed by atoms with E-state index in [1.807, 2.05) is 0 Å². The molecule has 1 spiro atoms. The number of aromatic nitrogens is 1. The molecule has 6 heteroatoms. The SMILES string of the molecule is O=C(NC1CCOC2(CCCCC2)C1)c1cccnc1OCc1ccccc1F. The molecule has 2 fully saturated rings. The molecule has 1 aromatic carbocycles. The summed E-state index contributed by atoms with van der Waals surface area (Å²) in [5.41, 5.74) is 0.717. The monoisotopic (exact) mass is 398 g/mol. The molecule has 2 aromatic rings. The number of benzene rings is 1. The van der Waals surface area contributed by atoms with Gasteiger partial charge in [0.25, 0.3) is 5.91 Å². The van der Waals surface area contributed by atoms with Crippen LogP contribution in [0.5, 0.6) is 5.88 Å². The van der Waals surface area contributed by atoms with Gasteiger partial charge in [-0.3, -0.25) is 4.79 Å². The molecule has 1 aromatic heterocycles. The van der Waals surface area contributed by atoms with Crippen molar-refractivity contribution in [1.82, 2.24) is 10.3 Å². The van der Waals surface area contributed by atoms with Crippen LogP contribution in [0.2, 0.25) is 0 Å². The Labute approximate surface area is 170 Å². The summed E-state index contributed by atoms with van der Waals surface area (Å²) in [5.74, 6) is -0.332. The first-order chi connectivity index (χ1) is 14.2. The lowest BCUT2D eigenvalue weighted by atomic mass is 9.78. The normalized spacial score (nSPS) is 20.9. The molecule has 29 heavy (non-hydrogen) atoms. The van der Waals surface area contributed by atoms with Gasteiger partial charge < -0.3 is 14.8 Å². The average molecular weight is 398 g/mol. The Balaban J connectivity index is 1.41. The van der Waals surface area contributed by atoms with E-state index < -0.39 is 0 Å². The Hall–Kier alpha value is -2.47. The van der Waals surface area contributed by atoms with Gasteiger partial charge >= 0.3 is 0 Å². The third-order valence-electron chi connectivity index (χ3n) is 5.93. The molecule has 1 amide bonds. The second kappa shape index (κ2) is 8.91. The van der Waals surface area contributed by atoms with E-state index in [4.69, 9.17) is 9.47 Å². The molecular formula is C23H27FN2O3. The molecule has 1 N–H and O–H groups in total. The summed E-state index contributed by atoms with van der Waals surface area (Å²) in [6.45, 7) is 0.693. The molecule has 1 saturated heterocycles. The van der Waals surface area contributed by atoms with Crippen LogP contribution >= 0.6 is 0 Å². The number of nitrogens with zero attached hydrogens (tertiary/aromatic N) is 1. The number of nitrogens with one attached hydrogen (secondary N) is 1. The Morgan fingerprint density at radius 2 is 2.03 bits per heavy atom. The number of rotatable bonds is 5. The predicted octanol–water partition coefficient (Wildman–Crippen LogP) is 4.41. The maximum absolute atomic E-state index is 13.8. The highest BCUT2D eigenvalue weighted by atomic mass is 19.1. The summed E-state index contributed by atoms with van der Waals surface area (Å²) in [6, 6.07) is 9.90. The quantitative estimate of drug-likeness (QED) is 0.810. The molecule has 0 radical (unpaired) electrons. The van der Waals surface area contributed by atoms with Crippen LogP contribution in [-0.4, -0.2) is 29.1 Å². The van der Waals surface area contributed by atoms with Crippen molar-refractivity contribution in [2.24, 2.45) is 0 Å². The number of carbonyl (C=O) groups is 1. The van der Waals surface area contributed by atoms with Gasteiger partial charge in [-0.15, -0.1) is 0 Å². The minimum Gasteiger partial charge on any atom is -0.472 e. The van der Waals surface area contributed by atoms with Crippen molar-refractivity contribution in [2.45, 2.75) is 63.2 Å². The molecule has 1 unspecified atom stereocenters. The van der Waals surface area contributed by atoms with Gasteiger partial charge in [0.05, 0.1) is 5.60 Å². The Kier molecular flexibility index (Phi) is 6.09. The highest BCUT2D eigenvalue weighted by molar-refractivity contribution is 5.96. The number of pyridine rings is 1. The summed E-state index contributed by atoms with van der Waals surface area (Å²) in [4.78, 5) is 17.1. The number of carbonyl (C=O) groups excluding carboxylic acids is 1. The number of hydrogen-bond donors (Lipinski definition) is 1. The molecule has 0 bridgehead atoms. The van der Waals surface area contributed by atoms with Crippen LogP contribution in [0.4, 0.5) is 4.39 Å². The largest absolute Gasteiger partial charge is 0.472 e. The van der Waals surface area contributed by atoms with Crippen molar-refractivity contribution in [3.63, 3.8) is 0 Å². The standard InChI is InChI=1S/C23H27FN2O3/c24-20-9-3-2-7-17(20)16-28-22-19(8-6-13-25-22)21(27)26-18-10-14-29-23(15-18)11-4-1-5-12-23/h2-3,6-9,13,18H,1,4-5,10-12,14-16H2,(H,26,27). The average Bonchev–Trinajstić information content (AvgIpc) is 2.74. The fourth-order valence-electron chi connectivity index (χ4n) is 4.40. The van der Waals surface area contributed by atoms with Crippen LogP contribution < -0.4 is 10.1 Å². The molecule has 2 aliphatic rings. The van der Waals surface area contributed by atoms with Crippen LogP contribution in [0.25, 0.3) is 0 Å². The molecule has 5 nitrogen and oxygen atoms in total. The summed E-state index contributed by atoms with van der Waals surface area (Å²) in [6.07, 6.45) is 9.02. The number of hydrogen-bond acceptors (Lipinski definition) is 4. The van der Waals surface area contributed by atoms with E-state index in [-0.39, 0.29) is 35.9 Å². The van der Waals surface area contributed by atoms with Crippen LogP contribution in [0.1, 0.15) is 60.9 Å². The van der Waals surface area contributed by atoms with Crippen molar-refractivity contribution >= 4 is 5.91 Å². The van der Waals surface area contributed by atoms with Crippen LogP contribution in [0.3, 0.4) is 0 Å². The van der Waals surface area contributed by atoms with E-state index in [1.165, 1.54) is 25.3 Å². The molecule has 1 aliphatic heterocycles. The van der Waals surface area contributed by atoms with Gasteiger partial charge in [-0.2, -0.15) is 0 Å². The third-order valence-corrected chi connectivity index (χ3v) is 5.93. The van der Waals surface area contributed by atoms with Crippen molar-refractivity contribution < 1.29 is 18.7 Å². The summed E-state index contributed by atoms with van der Waals surface area (Å²) in [5, 5.41) is 3.14. The van der Waals surface area contributed by atoms with Crippen molar-refractivity contribution in [1.29, 1.82) is 0 Å². The molecule has 1 saturated carbocycles. The maximum Gasteiger partial charge on any atom is 0.256 e. The number of ether oxygens (including phenoxy) is 2. The number of amides is 1. The first-order valence-electron chi connectivity index (χ1n) is 10.4. The van der Waals surface area contributed by atoms with Crippen molar-refractivity contribution in [3.8, 4) is 5.88 Å². The molecule has 2 heterocycles. The smallest absolute Gasteiger partial charge is 0.256 e. The Morgan fingerprint density at radius 1 is 1.21 bits per heavy atom. The number of halogens is 1. The van der Waals surface area contributed by atoms with Gasteiger partial charge in [0.2, 0.25) is 5.88 Å². The van der Waals surface area contributed by atoms with E-state index >= 15 is 0 Å². The summed E-state index contributed by atoms with van der Waals surface area (Å²) < 4.78 is 25.7. The topological polar surface area (TPSA) is 60.5 Å². The zero-order chi connectivity index (χ0) is 20.1. The van der Waals surface area contributed by atoms with Gasteiger partial charge in [-0.25, -0.2) is 9.37 Å². The van der Waals surface area contributed by atoms with Crippen LogP contribution in [-0.2, 0) is 11.3 Å². The predicted molar refractivity (Wildman–Crippen MR) is 107 cm³/mol. The minimum absolute atomic E-state index is 0.0182. The zero-order valence-electron chi connectivity index (χ0n) is 16.5. The first kappa shape index (κ1) is 19.8.